The zero-order valence-corrected chi connectivity index (χ0v) is 14.3. The van der Waals surface area contributed by atoms with E-state index in [0.29, 0.717) is 37.5 Å². The van der Waals surface area contributed by atoms with Crippen LogP contribution in [-0.2, 0) is 12.7 Å². The molecule has 1 fully saturated rings. The van der Waals surface area contributed by atoms with Gasteiger partial charge in [0, 0.05) is 31.7 Å². The lowest BCUT2D eigenvalue weighted by Gasteiger charge is -2.34. The second kappa shape index (κ2) is 7.43. The summed E-state index contributed by atoms with van der Waals surface area (Å²) in [5.41, 5.74) is 5.24. The van der Waals surface area contributed by atoms with Gasteiger partial charge in [0.05, 0.1) is 17.7 Å². The van der Waals surface area contributed by atoms with Crippen molar-refractivity contribution in [3.63, 3.8) is 0 Å². The summed E-state index contributed by atoms with van der Waals surface area (Å²) in [6.07, 6.45) is -3.09. The van der Waals surface area contributed by atoms with Crippen LogP contribution in [0.15, 0.2) is 41.0 Å². The average Bonchev–Trinajstić information content (AvgIpc) is 3.15. The van der Waals surface area contributed by atoms with Gasteiger partial charge in [-0.3, -0.25) is 9.59 Å². The molecule has 1 aromatic carbocycles. The Kier molecular flexibility index (Phi) is 5.22. The molecule has 0 radical (unpaired) electrons. The maximum atomic E-state index is 12.6. The zero-order valence-electron chi connectivity index (χ0n) is 14.3. The van der Waals surface area contributed by atoms with Crippen molar-refractivity contribution in [1.29, 1.82) is 0 Å². The van der Waals surface area contributed by atoms with Crippen LogP contribution in [0.3, 0.4) is 0 Å². The zero-order chi connectivity index (χ0) is 19.6. The van der Waals surface area contributed by atoms with Crippen LogP contribution in [-0.4, -0.2) is 47.8 Å². The topological polar surface area (TPSA) is 79.8 Å². The fraction of sp³-hybridized carbons (Fsp3) is 0.333. The summed E-state index contributed by atoms with van der Waals surface area (Å²) in [6.45, 7) is 1.45. The number of carbonyl (C=O) groups excluding carboxylic acids is 2. The summed E-state index contributed by atoms with van der Waals surface area (Å²) >= 11 is 0. The van der Waals surface area contributed by atoms with Crippen molar-refractivity contribution in [3.05, 3.63) is 59.0 Å². The fourth-order valence-electron chi connectivity index (χ4n) is 2.88. The third-order valence-electron chi connectivity index (χ3n) is 4.42. The lowest BCUT2D eigenvalue weighted by atomic mass is 10.1. The second-order valence-electron chi connectivity index (χ2n) is 6.17. The van der Waals surface area contributed by atoms with Crippen LogP contribution in [0.5, 0.6) is 0 Å². The molecule has 1 aliphatic rings. The Morgan fingerprint density at radius 1 is 0.963 bits per heavy atom. The molecule has 144 valence electrons. The number of hydrogen-bond acceptors (Lipinski definition) is 4. The summed E-state index contributed by atoms with van der Waals surface area (Å²) < 4.78 is 43.0. The van der Waals surface area contributed by atoms with Gasteiger partial charge >= 0.3 is 6.18 Å². The minimum atomic E-state index is -4.44. The van der Waals surface area contributed by atoms with Gasteiger partial charge in [-0.1, -0.05) is 0 Å². The van der Waals surface area contributed by atoms with Gasteiger partial charge < -0.3 is 20.0 Å². The van der Waals surface area contributed by atoms with Gasteiger partial charge in [-0.05, 0) is 30.3 Å². The predicted molar refractivity (Wildman–Crippen MR) is 89.9 cm³/mol. The number of nitrogens with two attached hydrogens (primary N) is 1. The summed E-state index contributed by atoms with van der Waals surface area (Å²) in [4.78, 5) is 28.0. The minimum Gasteiger partial charge on any atom is -0.467 e. The molecule has 2 heterocycles. The highest BCUT2D eigenvalue weighted by molar-refractivity contribution is 5.96. The molecule has 2 aromatic rings. The van der Waals surface area contributed by atoms with E-state index >= 15 is 0 Å². The van der Waals surface area contributed by atoms with Crippen molar-refractivity contribution in [2.75, 3.05) is 26.2 Å². The first-order chi connectivity index (χ1) is 12.8. The smallest absolute Gasteiger partial charge is 0.416 e. The Morgan fingerprint density at radius 3 is 1.93 bits per heavy atom. The largest absolute Gasteiger partial charge is 0.467 e. The number of furan rings is 1. The van der Waals surface area contributed by atoms with Gasteiger partial charge in [0.25, 0.3) is 11.8 Å². The molecule has 0 spiro atoms. The van der Waals surface area contributed by atoms with E-state index in [2.05, 4.69) is 0 Å². The Balaban J connectivity index is 1.60. The number of piperazine rings is 1. The number of benzene rings is 1. The molecule has 0 saturated carbocycles. The van der Waals surface area contributed by atoms with Crippen LogP contribution in [0.25, 0.3) is 0 Å². The van der Waals surface area contributed by atoms with E-state index in [9.17, 15) is 22.8 Å². The van der Waals surface area contributed by atoms with Crippen molar-refractivity contribution < 1.29 is 27.2 Å². The number of carbonyl (C=O) groups is 2. The predicted octanol–water partition coefficient (Wildman–Crippen LogP) is 2.36. The molecule has 0 aliphatic carbocycles. The molecule has 1 aliphatic heterocycles. The molecule has 0 unspecified atom stereocenters. The number of rotatable bonds is 3. The van der Waals surface area contributed by atoms with E-state index in [-0.39, 0.29) is 23.9 Å². The molecule has 27 heavy (non-hydrogen) atoms. The van der Waals surface area contributed by atoms with Crippen molar-refractivity contribution in [2.45, 2.75) is 12.7 Å². The Morgan fingerprint density at radius 2 is 1.48 bits per heavy atom. The molecule has 0 bridgehead atoms. The molecular formula is C18H18F3N3O3. The molecule has 0 atom stereocenters. The van der Waals surface area contributed by atoms with Gasteiger partial charge in [-0.15, -0.1) is 0 Å². The van der Waals surface area contributed by atoms with Crippen LogP contribution in [0.2, 0.25) is 0 Å². The summed E-state index contributed by atoms with van der Waals surface area (Å²) in [6, 6.07) is 5.70. The first-order valence-electron chi connectivity index (χ1n) is 8.33. The minimum absolute atomic E-state index is 0.185. The summed E-state index contributed by atoms with van der Waals surface area (Å²) in [5.74, 6) is -0.0564. The van der Waals surface area contributed by atoms with Crippen molar-refractivity contribution in [3.8, 4) is 0 Å². The van der Waals surface area contributed by atoms with Crippen LogP contribution < -0.4 is 5.73 Å². The first-order valence-corrected chi connectivity index (χ1v) is 8.33. The van der Waals surface area contributed by atoms with Crippen molar-refractivity contribution in [1.82, 2.24) is 9.80 Å². The molecule has 1 aromatic heterocycles. The van der Waals surface area contributed by atoms with E-state index in [1.807, 2.05) is 0 Å². The SMILES string of the molecule is NCc1cc(C(=O)N2CCN(C(=O)c3ccc(C(F)(F)F)cc3)CC2)co1. The van der Waals surface area contributed by atoms with E-state index in [1.165, 1.54) is 23.3 Å². The Hall–Kier alpha value is -2.81. The van der Waals surface area contributed by atoms with Crippen LogP contribution in [0, 0.1) is 0 Å². The number of hydrogen-bond donors (Lipinski definition) is 1. The number of alkyl halides is 3. The number of halogens is 3. The van der Waals surface area contributed by atoms with Gasteiger partial charge in [-0.25, -0.2) is 0 Å². The maximum absolute atomic E-state index is 12.6. The normalized spacial score (nSPS) is 15.1. The van der Waals surface area contributed by atoms with E-state index in [4.69, 9.17) is 10.2 Å². The highest BCUT2D eigenvalue weighted by Gasteiger charge is 2.31. The van der Waals surface area contributed by atoms with Crippen LogP contribution in [0.1, 0.15) is 32.0 Å². The molecule has 9 heteroatoms. The molecule has 2 N–H and O–H groups in total. The number of amides is 2. The Bertz CT molecular complexity index is 822. The third-order valence-corrected chi connectivity index (χ3v) is 4.42. The van der Waals surface area contributed by atoms with Crippen LogP contribution in [0.4, 0.5) is 13.2 Å². The molecular weight excluding hydrogens is 363 g/mol. The average molecular weight is 381 g/mol. The van der Waals surface area contributed by atoms with Crippen molar-refractivity contribution in [2.24, 2.45) is 5.73 Å². The first kappa shape index (κ1) is 19.0. The highest BCUT2D eigenvalue weighted by Crippen LogP contribution is 2.29. The summed E-state index contributed by atoms with van der Waals surface area (Å²) in [5, 5.41) is 0. The van der Waals surface area contributed by atoms with Gasteiger partial charge in [0.2, 0.25) is 0 Å². The lowest BCUT2D eigenvalue weighted by Crippen LogP contribution is -2.50. The second-order valence-corrected chi connectivity index (χ2v) is 6.17. The highest BCUT2D eigenvalue weighted by atomic mass is 19.4. The molecule has 6 nitrogen and oxygen atoms in total. The van der Waals surface area contributed by atoms with E-state index < -0.39 is 11.7 Å². The monoisotopic (exact) mass is 381 g/mol. The van der Waals surface area contributed by atoms with Gasteiger partial charge in [0.1, 0.15) is 12.0 Å². The number of nitrogens with zero attached hydrogens (tertiary/aromatic N) is 2. The van der Waals surface area contributed by atoms with E-state index in [1.54, 1.807) is 11.0 Å². The van der Waals surface area contributed by atoms with E-state index in [0.717, 1.165) is 12.1 Å². The Labute approximate surface area is 153 Å². The standard InChI is InChI=1S/C18H18F3N3O3/c19-18(20,21)14-3-1-12(2-4-14)16(25)23-5-7-24(8-6-23)17(26)13-9-15(10-22)27-11-13/h1-4,9,11H,5-8,10,22H2. The molecule has 3 rings (SSSR count). The van der Waals surface area contributed by atoms with Gasteiger partial charge in [-0.2, -0.15) is 13.2 Å². The molecule has 1 saturated heterocycles. The van der Waals surface area contributed by atoms with Gasteiger partial charge in [0.15, 0.2) is 0 Å². The summed E-state index contributed by atoms with van der Waals surface area (Å²) in [7, 11) is 0. The maximum Gasteiger partial charge on any atom is 0.416 e. The van der Waals surface area contributed by atoms with Crippen LogP contribution >= 0.6 is 0 Å². The van der Waals surface area contributed by atoms with Crippen molar-refractivity contribution >= 4 is 11.8 Å². The lowest BCUT2D eigenvalue weighted by molar-refractivity contribution is -0.137. The quantitative estimate of drug-likeness (QED) is 0.885. The molecule has 2 amide bonds. The third kappa shape index (κ3) is 4.13. The fourth-order valence-corrected chi connectivity index (χ4v) is 2.88.